The summed E-state index contributed by atoms with van der Waals surface area (Å²) in [5.41, 5.74) is -0.251. The van der Waals surface area contributed by atoms with Gasteiger partial charge >= 0.3 is 6.18 Å². The second kappa shape index (κ2) is 8.11. The molecule has 2 aromatic heterocycles. The highest BCUT2D eigenvalue weighted by Gasteiger charge is 2.34. The zero-order chi connectivity index (χ0) is 18.4. The van der Waals surface area contributed by atoms with E-state index >= 15 is 0 Å². The van der Waals surface area contributed by atoms with Gasteiger partial charge in [-0.15, -0.1) is 0 Å². The van der Waals surface area contributed by atoms with Gasteiger partial charge in [-0.05, 0) is 17.5 Å². The van der Waals surface area contributed by atoms with Crippen LogP contribution in [0.1, 0.15) is 25.1 Å². The first-order chi connectivity index (χ1) is 11.8. The summed E-state index contributed by atoms with van der Waals surface area (Å²) < 4.78 is 39.3. The lowest BCUT2D eigenvalue weighted by Crippen LogP contribution is -2.30. The maximum Gasteiger partial charge on any atom is 0.433 e. The minimum atomic E-state index is -4.60. The molecule has 0 fully saturated rings. The zero-order valence-corrected chi connectivity index (χ0v) is 13.9. The van der Waals surface area contributed by atoms with Gasteiger partial charge in [0.1, 0.15) is 5.82 Å². The van der Waals surface area contributed by atoms with Crippen molar-refractivity contribution in [3.8, 4) is 0 Å². The zero-order valence-electron chi connectivity index (χ0n) is 13.9. The monoisotopic (exact) mass is 355 g/mol. The summed E-state index contributed by atoms with van der Waals surface area (Å²) in [4.78, 5) is 11.5. The summed E-state index contributed by atoms with van der Waals surface area (Å²) in [6.45, 7) is 3.71. The molecule has 136 valence electrons. The molecule has 2 aromatic rings. The number of halogens is 3. The van der Waals surface area contributed by atoms with Crippen molar-refractivity contribution < 1.29 is 18.3 Å². The molecule has 0 amide bonds. The minimum absolute atomic E-state index is 0.00468. The van der Waals surface area contributed by atoms with E-state index in [0.717, 1.165) is 11.6 Å². The fourth-order valence-electron chi connectivity index (χ4n) is 2.03. The first-order valence-electron chi connectivity index (χ1n) is 7.76. The Labute approximate surface area is 143 Å². The number of aliphatic hydroxyl groups excluding tert-OH is 1. The summed E-state index contributed by atoms with van der Waals surface area (Å²) in [6, 6.07) is 3.94. The van der Waals surface area contributed by atoms with Crippen LogP contribution in [0.4, 0.5) is 24.9 Å². The van der Waals surface area contributed by atoms with E-state index in [9.17, 15) is 18.3 Å². The molecule has 0 radical (unpaired) electrons. The van der Waals surface area contributed by atoms with E-state index in [0.29, 0.717) is 0 Å². The molecule has 2 rings (SSSR count). The van der Waals surface area contributed by atoms with Crippen molar-refractivity contribution in [2.75, 3.05) is 17.2 Å². The molecule has 0 aliphatic rings. The number of hydrogen-bond acceptors (Lipinski definition) is 6. The summed E-state index contributed by atoms with van der Waals surface area (Å²) in [7, 11) is 0. The Morgan fingerprint density at radius 3 is 2.56 bits per heavy atom. The highest BCUT2D eigenvalue weighted by Crippen LogP contribution is 2.30. The van der Waals surface area contributed by atoms with Crippen LogP contribution in [0, 0.1) is 5.92 Å². The van der Waals surface area contributed by atoms with Crippen LogP contribution in [-0.4, -0.2) is 32.7 Å². The first kappa shape index (κ1) is 18.9. The van der Waals surface area contributed by atoms with E-state index < -0.39 is 17.9 Å². The van der Waals surface area contributed by atoms with Crippen molar-refractivity contribution in [3.05, 3.63) is 41.9 Å². The van der Waals surface area contributed by atoms with E-state index in [2.05, 4.69) is 25.6 Å². The quantitative estimate of drug-likeness (QED) is 0.708. The van der Waals surface area contributed by atoms with Crippen molar-refractivity contribution in [3.63, 3.8) is 0 Å². The maximum atomic E-state index is 13.1. The third-order valence-electron chi connectivity index (χ3n) is 3.53. The number of nitrogens with zero attached hydrogens (tertiary/aromatic N) is 3. The Morgan fingerprint density at radius 1 is 1.24 bits per heavy atom. The summed E-state index contributed by atoms with van der Waals surface area (Å²) in [6.07, 6.45) is -1.38. The van der Waals surface area contributed by atoms with Gasteiger partial charge in [0.15, 0.2) is 5.69 Å². The molecule has 25 heavy (non-hydrogen) atoms. The SMILES string of the molecule is CC(C)[C@H](CO)Nc1nc(NCc2cccnc2)cc(C(F)(F)F)n1. The number of rotatable bonds is 7. The molecule has 0 aromatic carbocycles. The number of aliphatic hydroxyl groups is 1. The van der Waals surface area contributed by atoms with Crippen LogP contribution in [0.15, 0.2) is 30.6 Å². The Bertz CT molecular complexity index is 679. The van der Waals surface area contributed by atoms with Gasteiger partial charge in [-0.25, -0.2) is 4.98 Å². The lowest BCUT2D eigenvalue weighted by atomic mass is 10.1. The highest BCUT2D eigenvalue weighted by atomic mass is 19.4. The summed E-state index contributed by atoms with van der Waals surface area (Å²) in [5.74, 6) is -0.152. The lowest BCUT2D eigenvalue weighted by Gasteiger charge is -2.21. The molecule has 0 saturated heterocycles. The Balaban J connectivity index is 2.24. The first-order valence-corrected chi connectivity index (χ1v) is 7.76. The Morgan fingerprint density at radius 2 is 2.00 bits per heavy atom. The van der Waals surface area contributed by atoms with Gasteiger partial charge in [-0.2, -0.15) is 18.2 Å². The fraction of sp³-hybridized carbons (Fsp3) is 0.438. The molecule has 0 unspecified atom stereocenters. The van der Waals surface area contributed by atoms with Gasteiger partial charge < -0.3 is 15.7 Å². The van der Waals surface area contributed by atoms with Gasteiger partial charge in [0.2, 0.25) is 5.95 Å². The van der Waals surface area contributed by atoms with Crippen LogP contribution >= 0.6 is 0 Å². The highest BCUT2D eigenvalue weighted by molar-refractivity contribution is 5.44. The minimum Gasteiger partial charge on any atom is -0.394 e. The number of alkyl halides is 3. The summed E-state index contributed by atoms with van der Waals surface area (Å²) in [5, 5.41) is 14.9. The predicted molar refractivity (Wildman–Crippen MR) is 87.9 cm³/mol. The molecule has 6 nitrogen and oxygen atoms in total. The number of anilines is 2. The molecule has 0 bridgehead atoms. The average molecular weight is 355 g/mol. The van der Waals surface area contributed by atoms with Crippen molar-refractivity contribution in [1.29, 1.82) is 0 Å². The molecular formula is C16H20F3N5O. The molecule has 0 saturated carbocycles. The summed E-state index contributed by atoms with van der Waals surface area (Å²) >= 11 is 0. The van der Waals surface area contributed by atoms with Crippen molar-refractivity contribution >= 4 is 11.8 Å². The van der Waals surface area contributed by atoms with Gasteiger partial charge in [-0.1, -0.05) is 19.9 Å². The molecular weight excluding hydrogens is 335 g/mol. The van der Waals surface area contributed by atoms with Crippen LogP contribution in [0.3, 0.4) is 0 Å². The number of aromatic nitrogens is 3. The molecule has 0 spiro atoms. The van der Waals surface area contributed by atoms with Crippen molar-refractivity contribution in [2.45, 2.75) is 32.6 Å². The third kappa shape index (κ3) is 5.56. The third-order valence-corrected chi connectivity index (χ3v) is 3.53. The van der Waals surface area contributed by atoms with Gasteiger partial charge in [0, 0.05) is 25.0 Å². The van der Waals surface area contributed by atoms with Gasteiger partial charge in [0.25, 0.3) is 0 Å². The van der Waals surface area contributed by atoms with Crippen LogP contribution in [0.2, 0.25) is 0 Å². The van der Waals surface area contributed by atoms with Crippen LogP contribution in [0.5, 0.6) is 0 Å². The van der Waals surface area contributed by atoms with Crippen LogP contribution in [0.25, 0.3) is 0 Å². The maximum absolute atomic E-state index is 13.1. The molecule has 0 aliphatic heterocycles. The average Bonchev–Trinajstić information content (AvgIpc) is 2.57. The second-order valence-corrected chi connectivity index (χ2v) is 5.85. The van der Waals surface area contributed by atoms with Crippen LogP contribution in [-0.2, 0) is 12.7 Å². The molecule has 2 heterocycles. The fourth-order valence-corrected chi connectivity index (χ4v) is 2.03. The number of pyridine rings is 1. The predicted octanol–water partition coefficient (Wildman–Crippen LogP) is 2.93. The van der Waals surface area contributed by atoms with E-state index in [1.807, 2.05) is 13.8 Å². The van der Waals surface area contributed by atoms with Crippen molar-refractivity contribution in [1.82, 2.24) is 15.0 Å². The Hall–Kier alpha value is -2.42. The standard InChI is InChI=1S/C16H20F3N5O/c1-10(2)12(9-25)22-15-23-13(16(17,18)19)6-14(24-15)21-8-11-4-3-5-20-7-11/h3-7,10,12,25H,8-9H2,1-2H3,(H2,21,22,23,24)/t12-/m0/s1. The van der Waals surface area contributed by atoms with E-state index in [-0.39, 0.29) is 30.8 Å². The lowest BCUT2D eigenvalue weighted by molar-refractivity contribution is -0.141. The molecule has 1 atom stereocenters. The molecule has 3 N–H and O–H groups in total. The number of nitrogens with one attached hydrogen (secondary N) is 2. The van der Waals surface area contributed by atoms with Crippen LogP contribution < -0.4 is 10.6 Å². The van der Waals surface area contributed by atoms with Crippen molar-refractivity contribution in [2.24, 2.45) is 5.92 Å². The smallest absolute Gasteiger partial charge is 0.394 e. The molecule has 9 heteroatoms. The largest absolute Gasteiger partial charge is 0.433 e. The van der Waals surface area contributed by atoms with E-state index in [1.54, 1.807) is 24.5 Å². The normalized spacial score (nSPS) is 12.9. The Kier molecular flexibility index (Phi) is 6.13. The number of hydrogen-bond donors (Lipinski definition) is 3. The van der Waals surface area contributed by atoms with Gasteiger partial charge in [0.05, 0.1) is 12.6 Å². The van der Waals surface area contributed by atoms with Gasteiger partial charge in [-0.3, -0.25) is 4.98 Å². The van der Waals surface area contributed by atoms with E-state index in [1.165, 1.54) is 0 Å². The molecule has 0 aliphatic carbocycles. The second-order valence-electron chi connectivity index (χ2n) is 5.85. The topological polar surface area (TPSA) is 83.0 Å². The van der Waals surface area contributed by atoms with E-state index in [4.69, 9.17) is 0 Å².